The van der Waals surface area contributed by atoms with Crippen molar-refractivity contribution >= 4 is 17.9 Å². The lowest BCUT2D eigenvalue weighted by Gasteiger charge is -2.44. The first-order valence-corrected chi connectivity index (χ1v) is 17.8. The van der Waals surface area contributed by atoms with Crippen LogP contribution in [-0.4, -0.2) is 73.1 Å². The van der Waals surface area contributed by atoms with E-state index < -0.39 is 17.3 Å². The van der Waals surface area contributed by atoms with Crippen LogP contribution in [0, 0.1) is 5.41 Å². The maximum Gasteiger partial charge on any atom is 0.317 e. The molecule has 3 atom stereocenters. The number of esters is 1. The van der Waals surface area contributed by atoms with E-state index in [1.54, 1.807) is 13.8 Å². The Morgan fingerprint density at radius 2 is 1.41 bits per heavy atom. The minimum atomic E-state index is -0.837. The SMILES string of the molecule is CCCCCCCCCCCCN(CCCC)C(=O)NC1CCCCC1OC(=O)CCNC(=O)C1OC(C)(C)OCC1(C)C. The molecule has 1 heterocycles. The van der Waals surface area contributed by atoms with Crippen LogP contribution < -0.4 is 10.6 Å². The molecule has 256 valence electrons. The monoisotopic (exact) mass is 623 g/mol. The zero-order chi connectivity index (χ0) is 32.4. The number of nitrogens with one attached hydrogen (secondary N) is 2. The van der Waals surface area contributed by atoms with Crippen molar-refractivity contribution < 1.29 is 28.6 Å². The van der Waals surface area contributed by atoms with Gasteiger partial charge in [-0.2, -0.15) is 0 Å². The van der Waals surface area contributed by atoms with Crippen LogP contribution in [0.1, 0.15) is 151 Å². The molecule has 1 saturated carbocycles. The summed E-state index contributed by atoms with van der Waals surface area (Å²) < 4.78 is 17.5. The van der Waals surface area contributed by atoms with Gasteiger partial charge in [-0.05, 0) is 46.0 Å². The van der Waals surface area contributed by atoms with Crippen LogP contribution in [0.2, 0.25) is 0 Å². The van der Waals surface area contributed by atoms with Crippen LogP contribution in [0.4, 0.5) is 4.79 Å². The minimum Gasteiger partial charge on any atom is -0.460 e. The number of unbranched alkanes of at least 4 members (excludes halogenated alkanes) is 10. The van der Waals surface area contributed by atoms with Gasteiger partial charge in [0.25, 0.3) is 0 Å². The molecule has 2 aliphatic rings. The predicted molar refractivity (Wildman–Crippen MR) is 175 cm³/mol. The summed E-state index contributed by atoms with van der Waals surface area (Å²) >= 11 is 0. The average molecular weight is 624 g/mol. The lowest BCUT2D eigenvalue weighted by molar-refractivity contribution is -0.304. The van der Waals surface area contributed by atoms with Crippen molar-refractivity contribution in [3.05, 3.63) is 0 Å². The molecule has 2 fully saturated rings. The molecule has 0 aromatic rings. The number of amides is 3. The number of carbonyl (C=O) groups excluding carboxylic acids is 3. The predicted octanol–water partition coefficient (Wildman–Crippen LogP) is 7.26. The summed E-state index contributed by atoms with van der Waals surface area (Å²) in [6.07, 6.45) is 17.3. The zero-order valence-electron chi connectivity index (χ0n) is 29.0. The fourth-order valence-electron chi connectivity index (χ4n) is 6.04. The normalized spacial score (nSPS) is 22.6. The molecule has 9 nitrogen and oxygen atoms in total. The van der Waals surface area contributed by atoms with E-state index in [-0.39, 0.29) is 43.0 Å². The molecule has 1 saturated heterocycles. The van der Waals surface area contributed by atoms with Gasteiger partial charge in [0, 0.05) is 25.0 Å². The third-order valence-corrected chi connectivity index (χ3v) is 8.91. The highest BCUT2D eigenvalue weighted by atomic mass is 16.7. The second kappa shape index (κ2) is 20.3. The van der Waals surface area contributed by atoms with Crippen molar-refractivity contribution in [2.24, 2.45) is 5.41 Å². The third-order valence-electron chi connectivity index (χ3n) is 8.91. The zero-order valence-corrected chi connectivity index (χ0v) is 29.0. The molecule has 0 bridgehead atoms. The molecule has 1 aliphatic heterocycles. The third kappa shape index (κ3) is 14.5. The van der Waals surface area contributed by atoms with Crippen LogP contribution in [0.15, 0.2) is 0 Å². The number of nitrogens with zero attached hydrogens (tertiary/aromatic N) is 1. The van der Waals surface area contributed by atoms with E-state index >= 15 is 0 Å². The van der Waals surface area contributed by atoms with E-state index in [2.05, 4.69) is 24.5 Å². The average Bonchev–Trinajstić information content (AvgIpc) is 2.98. The van der Waals surface area contributed by atoms with Gasteiger partial charge in [-0.15, -0.1) is 0 Å². The van der Waals surface area contributed by atoms with Crippen LogP contribution in [0.3, 0.4) is 0 Å². The van der Waals surface area contributed by atoms with Gasteiger partial charge in [-0.3, -0.25) is 9.59 Å². The van der Waals surface area contributed by atoms with Gasteiger partial charge in [-0.1, -0.05) is 98.3 Å². The second-order valence-corrected chi connectivity index (χ2v) is 14.1. The molecule has 3 unspecified atom stereocenters. The van der Waals surface area contributed by atoms with Crippen molar-refractivity contribution in [3.63, 3.8) is 0 Å². The molecule has 2 N–H and O–H groups in total. The van der Waals surface area contributed by atoms with Crippen molar-refractivity contribution in [1.29, 1.82) is 0 Å². The fourth-order valence-corrected chi connectivity index (χ4v) is 6.04. The molecular formula is C35H65N3O6. The number of hydrogen-bond donors (Lipinski definition) is 2. The van der Waals surface area contributed by atoms with E-state index in [0.29, 0.717) is 6.61 Å². The van der Waals surface area contributed by atoms with Crippen LogP contribution in [-0.2, 0) is 23.8 Å². The highest BCUT2D eigenvalue weighted by Gasteiger charge is 2.45. The Balaban J connectivity index is 1.76. The Morgan fingerprint density at radius 3 is 2.07 bits per heavy atom. The first kappa shape index (κ1) is 38.3. The van der Waals surface area contributed by atoms with Crippen molar-refractivity contribution in [3.8, 4) is 0 Å². The Hall–Kier alpha value is -1.87. The topological polar surface area (TPSA) is 106 Å². The lowest BCUT2D eigenvalue weighted by Crippen LogP contribution is -2.56. The Bertz CT molecular complexity index is 848. The molecule has 0 radical (unpaired) electrons. The van der Waals surface area contributed by atoms with Crippen LogP contribution >= 0.6 is 0 Å². The number of rotatable bonds is 20. The smallest absolute Gasteiger partial charge is 0.317 e. The summed E-state index contributed by atoms with van der Waals surface area (Å²) in [4.78, 5) is 40.9. The first-order chi connectivity index (χ1) is 21.0. The lowest BCUT2D eigenvalue weighted by atomic mass is 9.85. The van der Waals surface area contributed by atoms with E-state index in [1.807, 2.05) is 18.7 Å². The van der Waals surface area contributed by atoms with E-state index in [0.717, 1.165) is 64.5 Å². The summed E-state index contributed by atoms with van der Waals surface area (Å²) in [5.41, 5.74) is -0.480. The Morgan fingerprint density at radius 1 is 0.818 bits per heavy atom. The first-order valence-electron chi connectivity index (χ1n) is 17.8. The molecule has 44 heavy (non-hydrogen) atoms. The largest absolute Gasteiger partial charge is 0.460 e. The number of hydrogen-bond acceptors (Lipinski definition) is 6. The molecule has 1 aliphatic carbocycles. The van der Waals surface area contributed by atoms with Crippen molar-refractivity contribution in [1.82, 2.24) is 15.5 Å². The van der Waals surface area contributed by atoms with E-state index in [4.69, 9.17) is 14.2 Å². The highest BCUT2D eigenvalue weighted by Crippen LogP contribution is 2.34. The summed E-state index contributed by atoms with van der Waals surface area (Å²) in [5, 5.41) is 6.06. The molecule has 0 aromatic heterocycles. The number of ether oxygens (including phenoxy) is 3. The van der Waals surface area contributed by atoms with E-state index in [9.17, 15) is 14.4 Å². The Kier molecular flexibility index (Phi) is 17.7. The standard InChI is InChI=1S/C35H65N3O6/c1-7-9-11-12-13-14-15-16-17-20-26-38(25-10-8-2)33(41)37-28-21-18-19-22-29(28)43-30(39)23-24-36-32(40)31-34(3,4)27-42-35(5,6)44-31/h28-29,31H,7-27H2,1-6H3,(H,36,40)(H,37,41). The van der Waals surface area contributed by atoms with Gasteiger partial charge in [0.2, 0.25) is 5.91 Å². The van der Waals surface area contributed by atoms with Gasteiger partial charge in [0.05, 0.1) is 19.1 Å². The summed E-state index contributed by atoms with van der Waals surface area (Å²) in [6, 6.07) is -0.234. The molecule has 2 rings (SSSR count). The maximum absolute atomic E-state index is 13.3. The fraction of sp³-hybridized carbons (Fsp3) is 0.914. The number of carbonyl (C=O) groups is 3. The molecule has 9 heteroatoms. The molecule has 0 spiro atoms. The minimum absolute atomic E-state index is 0.0448. The van der Waals surface area contributed by atoms with Crippen molar-refractivity contribution in [2.75, 3.05) is 26.2 Å². The van der Waals surface area contributed by atoms with Gasteiger partial charge in [0.15, 0.2) is 5.79 Å². The van der Waals surface area contributed by atoms with Crippen LogP contribution in [0.25, 0.3) is 0 Å². The van der Waals surface area contributed by atoms with Gasteiger partial charge in [0.1, 0.15) is 12.2 Å². The van der Waals surface area contributed by atoms with Gasteiger partial charge < -0.3 is 29.7 Å². The molecular weight excluding hydrogens is 558 g/mol. The maximum atomic E-state index is 13.3. The summed E-state index contributed by atoms with van der Waals surface area (Å²) in [7, 11) is 0. The van der Waals surface area contributed by atoms with Crippen LogP contribution in [0.5, 0.6) is 0 Å². The van der Waals surface area contributed by atoms with Gasteiger partial charge in [-0.25, -0.2) is 4.79 Å². The summed E-state index contributed by atoms with van der Waals surface area (Å²) in [6.45, 7) is 13.9. The quantitative estimate of drug-likeness (QED) is 0.109. The van der Waals surface area contributed by atoms with Crippen molar-refractivity contribution in [2.45, 2.75) is 175 Å². The van der Waals surface area contributed by atoms with E-state index in [1.165, 1.54) is 51.4 Å². The second-order valence-electron chi connectivity index (χ2n) is 14.1. The highest BCUT2D eigenvalue weighted by molar-refractivity contribution is 5.82. The summed E-state index contributed by atoms with van der Waals surface area (Å²) in [5.74, 6) is -1.45. The Labute approximate surface area is 268 Å². The van der Waals surface area contributed by atoms with Gasteiger partial charge >= 0.3 is 12.0 Å². The number of urea groups is 1. The molecule has 0 aromatic carbocycles. The molecule has 3 amide bonds.